The number of rotatable bonds is 5. The second-order valence-electron chi connectivity index (χ2n) is 6.41. The van der Waals surface area contributed by atoms with Crippen molar-refractivity contribution in [2.24, 2.45) is 0 Å². The SMILES string of the molecule is [C-]#[N+]c1cc2c(Oc3ccc(NC(=O)Nc4cccnc4)cc3)ccnc2cc1OC. The Labute approximate surface area is 178 Å². The Hall–Kier alpha value is -4.64. The predicted molar refractivity (Wildman–Crippen MR) is 118 cm³/mol. The van der Waals surface area contributed by atoms with E-state index in [1.165, 1.54) is 7.11 Å². The smallest absolute Gasteiger partial charge is 0.323 e. The summed E-state index contributed by atoms with van der Waals surface area (Å²) in [6, 6.07) is 15.2. The summed E-state index contributed by atoms with van der Waals surface area (Å²) in [4.78, 5) is 23.9. The van der Waals surface area contributed by atoms with Gasteiger partial charge in [-0.25, -0.2) is 9.64 Å². The fourth-order valence-electron chi connectivity index (χ4n) is 2.94. The van der Waals surface area contributed by atoms with Crippen molar-refractivity contribution in [1.82, 2.24) is 9.97 Å². The lowest BCUT2D eigenvalue weighted by molar-refractivity contribution is 0.262. The Morgan fingerprint density at radius 2 is 1.81 bits per heavy atom. The van der Waals surface area contributed by atoms with Crippen molar-refractivity contribution in [1.29, 1.82) is 0 Å². The molecule has 2 N–H and O–H groups in total. The highest BCUT2D eigenvalue weighted by molar-refractivity contribution is 5.99. The van der Waals surface area contributed by atoms with Crippen LogP contribution in [0.3, 0.4) is 0 Å². The highest BCUT2D eigenvalue weighted by atomic mass is 16.5. The molecule has 152 valence electrons. The highest BCUT2D eigenvalue weighted by Crippen LogP contribution is 2.37. The van der Waals surface area contributed by atoms with Gasteiger partial charge in [0, 0.05) is 23.5 Å². The molecule has 0 aliphatic rings. The minimum atomic E-state index is -0.373. The van der Waals surface area contributed by atoms with E-state index < -0.39 is 0 Å². The molecule has 0 bridgehead atoms. The Bertz CT molecular complexity index is 1270. The quantitative estimate of drug-likeness (QED) is 0.416. The highest BCUT2D eigenvalue weighted by Gasteiger charge is 2.11. The molecule has 2 heterocycles. The molecule has 0 unspecified atom stereocenters. The molecule has 0 aliphatic carbocycles. The first kappa shape index (κ1) is 19.7. The maximum absolute atomic E-state index is 12.1. The van der Waals surface area contributed by atoms with Gasteiger partial charge in [-0.05, 0) is 54.6 Å². The molecule has 2 amide bonds. The van der Waals surface area contributed by atoms with Crippen molar-refractivity contribution in [3.8, 4) is 17.2 Å². The number of aromatic nitrogens is 2. The third-order valence-corrected chi connectivity index (χ3v) is 4.38. The first-order chi connectivity index (χ1) is 15.2. The average molecular weight is 411 g/mol. The molecule has 0 fully saturated rings. The number of hydrogen-bond donors (Lipinski definition) is 2. The molecule has 8 nitrogen and oxygen atoms in total. The molecule has 0 spiro atoms. The average Bonchev–Trinajstić information content (AvgIpc) is 2.80. The largest absolute Gasteiger partial charge is 0.508 e. The van der Waals surface area contributed by atoms with Crippen LogP contribution in [0, 0.1) is 6.57 Å². The number of pyridine rings is 2. The van der Waals surface area contributed by atoms with Crippen LogP contribution in [0.5, 0.6) is 17.2 Å². The fraction of sp³-hybridized carbons (Fsp3) is 0.0435. The number of nitrogens with one attached hydrogen (secondary N) is 2. The molecule has 2 aromatic carbocycles. The summed E-state index contributed by atoms with van der Waals surface area (Å²) in [6.07, 6.45) is 4.82. The van der Waals surface area contributed by atoms with Crippen LogP contribution in [0.1, 0.15) is 0 Å². The number of carbonyl (C=O) groups excluding carboxylic acids is 1. The molecule has 0 radical (unpaired) electrons. The summed E-state index contributed by atoms with van der Waals surface area (Å²) < 4.78 is 11.2. The van der Waals surface area contributed by atoms with E-state index in [1.54, 1.807) is 73.2 Å². The number of amides is 2. The Balaban J connectivity index is 1.49. The van der Waals surface area contributed by atoms with Gasteiger partial charge in [0.05, 0.1) is 31.1 Å². The van der Waals surface area contributed by atoms with Gasteiger partial charge in [0.2, 0.25) is 5.69 Å². The number of hydrogen-bond acceptors (Lipinski definition) is 5. The number of carbonyl (C=O) groups is 1. The summed E-state index contributed by atoms with van der Waals surface area (Å²) in [5.41, 5.74) is 2.24. The maximum atomic E-state index is 12.1. The standard InChI is InChI=1S/C23H17N5O3/c1-24-20-12-18-19(13-22(20)30-2)26-11-9-21(18)31-17-7-5-15(6-8-17)27-23(29)28-16-4-3-10-25-14-16/h3-14H,2H3,(H2,27,28,29). The number of fused-ring (bicyclic) bond motifs is 1. The molecule has 0 aliphatic heterocycles. The molecular formula is C23H17N5O3. The van der Waals surface area contributed by atoms with Crippen LogP contribution in [-0.2, 0) is 0 Å². The van der Waals surface area contributed by atoms with Crippen LogP contribution in [0.25, 0.3) is 15.7 Å². The molecule has 4 rings (SSSR count). The van der Waals surface area contributed by atoms with Gasteiger partial charge < -0.3 is 20.1 Å². The Morgan fingerprint density at radius 1 is 1.00 bits per heavy atom. The summed E-state index contributed by atoms with van der Waals surface area (Å²) in [6.45, 7) is 7.35. The lowest BCUT2D eigenvalue weighted by Gasteiger charge is -2.11. The van der Waals surface area contributed by atoms with E-state index in [4.69, 9.17) is 16.0 Å². The third-order valence-electron chi connectivity index (χ3n) is 4.38. The predicted octanol–water partition coefficient (Wildman–Crippen LogP) is 5.63. The minimum absolute atomic E-state index is 0.373. The van der Waals surface area contributed by atoms with Crippen LogP contribution in [-0.4, -0.2) is 23.1 Å². The number of methoxy groups -OCH3 is 1. The van der Waals surface area contributed by atoms with Crippen LogP contribution >= 0.6 is 0 Å². The maximum Gasteiger partial charge on any atom is 0.323 e. The van der Waals surface area contributed by atoms with Crippen molar-refractivity contribution in [3.63, 3.8) is 0 Å². The van der Waals surface area contributed by atoms with E-state index in [1.807, 2.05) is 0 Å². The second-order valence-corrected chi connectivity index (χ2v) is 6.41. The van der Waals surface area contributed by atoms with E-state index >= 15 is 0 Å². The second kappa shape index (κ2) is 8.80. The van der Waals surface area contributed by atoms with Gasteiger partial charge in [-0.1, -0.05) is 0 Å². The van der Waals surface area contributed by atoms with Crippen molar-refractivity contribution in [2.45, 2.75) is 0 Å². The first-order valence-corrected chi connectivity index (χ1v) is 9.26. The lowest BCUT2D eigenvalue weighted by atomic mass is 10.1. The van der Waals surface area contributed by atoms with Crippen molar-refractivity contribution >= 4 is 34.0 Å². The van der Waals surface area contributed by atoms with Crippen molar-refractivity contribution in [3.05, 3.63) is 84.6 Å². The lowest BCUT2D eigenvalue weighted by Crippen LogP contribution is -2.19. The summed E-state index contributed by atoms with van der Waals surface area (Å²) in [5, 5.41) is 6.15. The van der Waals surface area contributed by atoms with Gasteiger partial charge in [-0.2, -0.15) is 0 Å². The summed E-state index contributed by atoms with van der Waals surface area (Å²) >= 11 is 0. The van der Waals surface area contributed by atoms with E-state index in [-0.39, 0.29) is 6.03 Å². The summed E-state index contributed by atoms with van der Waals surface area (Å²) in [7, 11) is 1.52. The van der Waals surface area contributed by atoms with E-state index in [0.717, 1.165) is 0 Å². The zero-order valence-electron chi connectivity index (χ0n) is 16.5. The molecular weight excluding hydrogens is 394 g/mol. The van der Waals surface area contributed by atoms with Crippen LogP contribution in [0.4, 0.5) is 21.9 Å². The van der Waals surface area contributed by atoms with Gasteiger partial charge in [0.25, 0.3) is 0 Å². The van der Waals surface area contributed by atoms with E-state index in [2.05, 4.69) is 25.4 Å². The summed E-state index contributed by atoms with van der Waals surface area (Å²) in [5.74, 6) is 1.60. The molecule has 0 atom stereocenters. The molecule has 8 heteroatoms. The molecule has 4 aromatic rings. The molecule has 2 aromatic heterocycles. The normalized spacial score (nSPS) is 10.2. The van der Waals surface area contributed by atoms with Crippen molar-refractivity contribution in [2.75, 3.05) is 17.7 Å². The number of ether oxygens (including phenoxy) is 2. The molecule has 0 saturated heterocycles. The number of urea groups is 1. The number of nitrogens with zero attached hydrogens (tertiary/aromatic N) is 3. The third kappa shape index (κ3) is 4.52. The van der Waals surface area contributed by atoms with Crippen LogP contribution in [0.15, 0.2) is 73.2 Å². The van der Waals surface area contributed by atoms with Gasteiger partial charge in [0.15, 0.2) is 0 Å². The van der Waals surface area contributed by atoms with Crippen molar-refractivity contribution < 1.29 is 14.3 Å². The Kier molecular flexibility index (Phi) is 5.58. The van der Waals surface area contributed by atoms with Crippen LogP contribution < -0.4 is 20.1 Å². The topological polar surface area (TPSA) is 89.7 Å². The zero-order chi connectivity index (χ0) is 21.6. The number of anilines is 2. The van der Waals surface area contributed by atoms with Gasteiger partial charge >= 0.3 is 6.03 Å². The molecule has 0 saturated carbocycles. The number of benzene rings is 2. The van der Waals surface area contributed by atoms with Gasteiger partial charge in [-0.3, -0.25) is 9.97 Å². The van der Waals surface area contributed by atoms with E-state index in [9.17, 15) is 4.79 Å². The van der Waals surface area contributed by atoms with Gasteiger partial charge in [-0.15, -0.1) is 0 Å². The zero-order valence-corrected chi connectivity index (χ0v) is 16.5. The van der Waals surface area contributed by atoms with E-state index in [0.29, 0.717) is 45.2 Å². The monoisotopic (exact) mass is 411 g/mol. The molecule has 31 heavy (non-hydrogen) atoms. The fourth-order valence-corrected chi connectivity index (χ4v) is 2.94. The van der Waals surface area contributed by atoms with Gasteiger partial charge in [0.1, 0.15) is 17.2 Å². The van der Waals surface area contributed by atoms with Crippen LogP contribution in [0.2, 0.25) is 0 Å². The first-order valence-electron chi connectivity index (χ1n) is 9.26. The minimum Gasteiger partial charge on any atom is -0.508 e. The Morgan fingerprint density at radius 3 is 2.52 bits per heavy atom.